The molecule has 0 saturated carbocycles. The van der Waals surface area contributed by atoms with E-state index in [0.717, 1.165) is 43.9 Å². The molecule has 2 aromatic carbocycles. The number of esters is 1. The molecule has 0 N–H and O–H groups in total. The highest BCUT2D eigenvalue weighted by molar-refractivity contribution is 6.33. The average Bonchev–Trinajstić information content (AvgIpc) is 3.08. The highest BCUT2D eigenvalue weighted by atomic mass is 35.5. The minimum absolute atomic E-state index is 0.281. The molecular formula is C27H32ClN3O2. The molecule has 1 unspecified atom stereocenters. The van der Waals surface area contributed by atoms with Crippen LogP contribution in [-0.2, 0) is 4.74 Å². The Bertz CT molecular complexity index is 1060. The smallest absolute Gasteiger partial charge is 0.338 e. The van der Waals surface area contributed by atoms with Gasteiger partial charge in [0.1, 0.15) is 5.60 Å². The van der Waals surface area contributed by atoms with E-state index in [0.29, 0.717) is 27.7 Å². The number of anilines is 2. The lowest BCUT2D eigenvalue weighted by molar-refractivity contribution is 0.00695. The molecule has 2 aliphatic heterocycles. The van der Waals surface area contributed by atoms with Gasteiger partial charge in [0, 0.05) is 42.1 Å². The van der Waals surface area contributed by atoms with Crippen molar-refractivity contribution < 1.29 is 9.53 Å². The maximum absolute atomic E-state index is 12.3. The standard InChI is InChI=1S/C27H32ClN3O2/c1-19-17-27(18-31(19)22-10-11-24(29-5)23(28)16-22)12-14-30(15-13-27)21-8-6-20(7-9-21)25(32)33-26(2,3)4/h6-11,16,19H,12-15,17-18H2,1-4H3. The average molecular weight is 466 g/mol. The third kappa shape index (κ3) is 5.12. The number of carbonyl (C=O) groups is 1. The van der Waals surface area contributed by atoms with Crippen LogP contribution in [0.1, 0.15) is 57.3 Å². The number of nitrogens with zero attached hydrogens (tertiary/aromatic N) is 3. The van der Waals surface area contributed by atoms with Crippen molar-refractivity contribution in [3.8, 4) is 0 Å². The van der Waals surface area contributed by atoms with E-state index in [2.05, 4.69) is 21.6 Å². The highest BCUT2D eigenvalue weighted by Gasteiger charge is 2.44. The van der Waals surface area contributed by atoms with Crippen molar-refractivity contribution in [1.82, 2.24) is 0 Å². The summed E-state index contributed by atoms with van der Waals surface area (Å²) in [6, 6.07) is 14.0. The van der Waals surface area contributed by atoms with Crippen LogP contribution < -0.4 is 9.80 Å². The molecule has 0 amide bonds. The maximum atomic E-state index is 12.3. The summed E-state index contributed by atoms with van der Waals surface area (Å²) in [7, 11) is 0. The summed E-state index contributed by atoms with van der Waals surface area (Å²) in [5, 5.41) is 0.528. The van der Waals surface area contributed by atoms with Crippen molar-refractivity contribution in [1.29, 1.82) is 0 Å². The molecule has 1 atom stereocenters. The van der Waals surface area contributed by atoms with Crippen molar-refractivity contribution in [2.45, 2.75) is 58.6 Å². The number of carbonyl (C=O) groups excluding carboxylic acids is 1. The van der Waals surface area contributed by atoms with Crippen molar-refractivity contribution >= 4 is 34.6 Å². The van der Waals surface area contributed by atoms with Gasteiger partial charge in [-0.15, -0.1) is 0 Å². The van der Waals surface area contributed by atoms with Gasteiger partial charge in [-0.1, -0.05) is 17.7 Å². The number of piperidine rings is 1. The number of benzene rings is 2. The predicted molar refractivity (Wildman–Crippen MR) is 135 cm³/mol. The zero-order chi connectivity index (χ0) is 23.8. The van der Waals surface area contributed by atoms with Gasteiger partial charge in [0.05, 0.1) is 12.1 Å². The third-order valence-corrected chi connectivity index (χ3v) is 7.14. The summed E-state index contributed by atoms with van der Waals surface area (Å²) < 4.78 is 5.47. The van der Waals surface area contributed by atoms with E-state index in [4.69, 9.17) is 22.9 Å². The minimum Gasteiger partial charge on any atom is -0.456 e. The van der Waals surface area contributed by atoms with Gasteiger partial charge in [-0.2, -0.15) is 0 Å². The lowest BCUT2D eigenvalue weighted by Gasteiger charge is -2.40. The van der Waals surface area contributed by atoms with Gasteiger partial charge in [-0.05, 0) is 88.8 Å². The summed E-state index contributed by atoms with van der Waals surface area (Å²) >= 11 is 6.31. The zero-order valence-electron chi connectivity index (χ0n) is 19.9. The van der Waals surface area contributed by atoms with Crippen molar-refractivity contribution in [2.75, 3.05) is 29.4 Å². The van der Waals surface area contributed by atoms with Crippen LogP contribution in [0.5, 0.6) is 0 Å². The lowest BCUT2D eigenvalue weighted by Crippen LogP contribution is -2.41. The van der Waals surface area contributed by atoms with Gasteiger partial charge in [-0.3, -0.25) is 0 Å². The van der Waals surface area contributed by atoms with Crippen molar-refractivity contribution in [3.63, 3.8) is 0 Å². The van der Waals surface area contributed by atoms with Crippen LogP contribution in [0.2, 0.25) is 5.02 Å². The van der Waals surface area contributed by atoms with Crippen LogP contribution >= 0.6 is 11.6 Å². The first-order valence-corrected chi connectivity index (χ1v) is 12.0. The monoisotopic (exact) mass is 465 g/mol. The molecular weight excluding hydrogens is 434 g/mol. The molecule has 5 nitrogen and oxygen atoms in total. The van der Waals surface area contributed by atoms with E-state index in [-0.39, 0.29) is 5.97 Å². The summed E-state index contributed by atoms with van der Waals surface area (Å²) in [5.41, 5.74) is 3.17. The summed E-state index contributed by atoms with van der Waals surface area (Å²) in [5.74, 6) is -0.281. The highest BCUT2D eigenvalue weighted by Crippen LogP contribution is 2.46. The molecule has 2 heterocycles. The molecule has 33 heavy (non-hydrogen) atoms. The zero-order valence-corrected chi connectivity index (χ0v) is 20.7. The van der Waals surface area contributed by atoms with Gasteiger partial charge >= 0.3 is 5.97 Å². The second kappa shape index (κ2) is 8.91. The molecule has 2 aromatic rings. The van der Waals surface area contributed by atoms with Crippen LogP contribution in [0, 0.1) is 12.0 Å². The van der Waals surface area contributed by atoms with E-state index in [9.17, 15) is 4.79 Å². The molecule has 2 saturated heterocycles. The van der Waals surface area contributed by atoms with Crippen LogP contribution in [0.3, 0.4) is 0 Å². The Morgan fingerprint density at radius 1 is 1.12 bits per heavy atom. The fourth-order valence-corrected chi connectivity index (χ4v) is 5.39. The third-order valence-electron chi connectivity index (χ3n) is 6.84. The van der Waals surface area contributed by atoms with Gasteiger partial charge in [0.25, 0.3) is 0 Å². The first-order chi connectivity index (χ1) is 15.6. The quantitative estimate of drug-likeness (QED) is 0.372. The summed E-state index contributed by atoms with van der Waals surface area (Å²) in [6.07, 6.45) is 3.44. The molecule has 0 bridgehead atoms. The molecule has 174 valence electrons. The van der Waals surface area contributed by atoms with Crippen LogP contribution in [-0.4, -0.2) is 37.2 Å². The Labute approximate surface area is 202 Å². The van der Waals surface area contributed by atoms with Crippen molar-refractivity contribution in [2.24, 2.45) is 5.41 Å². The number of ether oxygens (including phenoxy) is 1. The molecule has 4 rings (SSSR count). The molecule has 6 heteroatoms. The predicted octanol–water partition coefficient (Wildman–Crippen LogP) is 6.73. The SMILES string of the molecule is [C-]#[N+]c1ccc(N2CC3(CCN(c4ccc(C(=O)OC(C)(C)C)cc4)CC3)CC2C)cc1Cl. The Morgan fingerprint density at radius 2 is 1.76 bits per heavy atom. The van der Waals surface area contributed by atoms with Gasteiger partial charge < -0.3 is 14.5 Å². The Morgan fingerprint density at radius 3 is 2.33 bits per heavy atom. The topological polar surface area (TPSA) is 37.1 Å². The Balaban J connectivity index is 1.39. The first kappa shape index (κ1) is 23.4. The van der Waals surface area contributed by atoms with E-state index < -0.39 is 5.60 Å². The molecule has 2 fully saturated rings. The largest absolute Gasteiger partial charge is 0.456 e. The fourth-order valence-electron chi connectivity index (χ4n) is 5.18. The van der Waals surface area contributed by atoms with Crippen LogP contribution in [0.25, 0.3) is 4.85 Å². The number of rotatable bonds is 3. The second-order valence-corrected chi connectivity index (χ2v) is 10.9. The maximum Gasteiger partial charge on any atom is 0.338 e. The van der Waals surface area contributed by atoms with E-state index >= 15 is 0 Å². The second-order valence-electron chi connectivity index (χ2n) is 10.5. The number of halogens is 1. The number of hydrogen-bond acceptors (Lipinski definition) is 4. The minimum atomic E-state index is -0.492. The van der Waals surface area contributed by atoms with Gasteiger partial charge in [0.15, 0.2) is 0 Å². The fraction of sp³-hybridized carbons (Fsp3) is 0.481. The van der Waals surface area contributed by atoms with Crippen LogP contribution in [0.15, 0.2) is 42.5 Å². The summed E-state index contributed by atoms with van der Waals surface area (Å²) in [6.45, 7) is 18.2. The molecule has 0 aromatic heterocycles. The molecule has 2 aliphatic rings. The molecule has 0 radical (unpaired) electrons. The van der Waals surface area contributed by atoms with Gasteiger partial charge in [0.2, 0.25) is 5.69 Å². The van der Waals surface area contributed by atoms with Crippen LogP contribution in [0.4, 0.5) is 17.1 Å². The van der Waals surface area contributed by atoms with E-state index in [1.165, 1.54) is 6.42 Å². The first-order valence-electron chi connectivity index (χ1n) is 11.6. The van der Waals surface area contributed by atoms with Crippen molar-refractivity contribution in [3.05, 3.63) is 64.5 Å². The Hall–Kier alpha value is -2.71. The van der Waals surface area contributed by atoms with E-state index in [1.807, 2.05) is 63.2 Å². The number of hydrogen-bond donors (Lipinski definition) is 0. The summed E-state index contributed by atoms with van der Waals surface area (Å²) in [4.78, 5) is 20.6. The molecule has 1 spiro atoms. The Kier molecular flexibility index (Phi) is 6.33. The van der Waals surface area contributed by atoms with E-state index in [1.54, 1.807) is 0 Å². The van der Waals surface area contributed by atoms with Gasteiger partial charge in [-0.25, -0.2) is 9.64 Å². The molecule has 0 aliphatic carbocycles. The lowest BCUT2D eigenvalue weighted by atomic mass is 9.76. The normalized spacial score (nSPS) is 20.1.